The van der Waals surface area contributed by atoms with E-state index in [4.69, 9.17) is 0 Å². The van der Waals surface area contributed by atoms with E-state index in [1.54, 1.807) is 6.20 Å². The van der Waals surface area contributed by atoms with Gasteiger partial charge in [-0.2, -0.15) is 0 Å². The Balaban J connectivity index is 1.81. The van der Waals surface area contributed by atoms with Crippen molar-refractivity contribution in [1.82, 2.24) is 15.3 Å². The van der Waals surface area contributed by atoms with Crippen molar-refractivity contribution in [2.75, 3.05) is 11.9 Å². The summed E-state index contributed by atoms with van der Waals surface area (Å²) >= 11 is 0. The quantitative estimate of drug-likeness (QED) is 0.884. The van der Waals surface area contributed by atoms with E-state index >= 15 is 0 Å². The molecule has 3 rings (SSSR count). The van der Waals surface area contributed by atoms with Crippen LogP contribution in [0.15, 0.2) is 36.7 Å². The number of pyridine rings is 2. The van der Waals surface area contributed by atoms with Crippen molar-refractivity contribution in [2.45, 2.75) is 25.8 Å². The molecule has 98 valence electrons. The number of hydrogen-bond donors (Lipinski definition) is 2. The Morgan fingerprint density at radius 3 is 3.00 bits per heavy atom. The minimum absolute atomic E-state index is 0.466. The highest BCUT2D eigenvalue weighted by atomic mass is 15.1. The van der Waals surface area contributed by atoms with Crippen LogP contribution in [0.1, 0.15) is 30.0 Å². The van der Waals surface area contributed by atoms with E-state index < -0.39 is 0 Å². The summed E-state index contributed by atoms with van der Waals surface area (Å²) in [6.45, 7) is 3.15. The van der Waals surface area contributed by atoms with Gasteiger partial charge in [0.1, 0.15) is 11.6 Å². The Morgan fingerprint density at radius 1 is 1.26 bits per heavy atom. The third-order valence-electron chi connectivity index (χ3n) is 3.50. The monoisotopic (exact) mass is 254 g/mol. The predicted molar refractivity (Wildman–Crippen MR) is 76.5 cm³/mol. The fraction of sp³-hybridized carbons (Fsp3) is 0.333. The average Bonchev–Trinajstić information content (AvgIpc) is 2.96. The van der Waals surface area contributed by atoms with E-state index in [1.165, 1.54) is 18.4 Å². The van der Waals surface area contributed by atoms with E-state index in [-0.39, 0.29) is 0 Å². The van der Waals surface area contributed by atoms with Crippen LogP contribution in [0.25, 0.3) is 0 Å². The van der Waals surface area contributed by atoms with Gasteiger partial charge in [0.15, 0.2) is 0 Å². The molecule has 0 bridgehead atoms. The van der Waals surface area contributed by atoms with Crippen LogP contribution in [0, 0.1) is 6.92 Å². The lowest BCUT2D eigenvalue weighted by Gasteiger charge is -2.12. The summed E-state index contributed by atoms with van der Waals surface area (Å²) in [5.41, 5.74) is 2.41. The van der Waals surface area contributed by atoms with Crippen LogP contribution in [0.4, 0.5) is 11.6 Å². The summed E-state index contributed by atoms with van der Waals surface area (Å²) in [6, 6.07) is 8.63. The van der Waals surface area contributed by atoms with Crippen molar-refractivity contribution in [3.8, 4) is 0 Å². The molecule has 2 aromatic rings. The molecule has 0 saturated carbocycles. The number of aromatic nitrogens is 2. The SMILES string of the molecule is Cc1cccnc1Nc1cc([C@@H]2CCCN2)ccn1. The molecule has 0 spiro atoms. The summed E-state index contributed by atoms with van der Waals surface area (Å²) in [5, 5.41) is 6.79. The summed E-state index contributed by atoms with van der Waals surface area (Å²) < 4.78 is 0. The maximum atomic E-state index is 4.37. The summed E-state index contributed by atoms with van der Waals surface area (Å²) in [6.07, 6.45) is 6.09. The van der Waals surface area contributed by atoms with Gasteiger partial charge < -0.3 is 10.6 Å². The molecule has 2 aromatic heterocycles. The molecule has 1 aliphatic heterocycles. The molecule has 0 aliphatic carbocycles. The van der Waals surface area contributed by atoms with Crippen molar-refractivity contribution < 1.29 is 0 Å². The van der Waals surface area contributed by atoms with Crippen LogP contribution < -0.4 is 10.6 Å². The predicted octanol–water partition coefficient (Wildman–Crippen LogP) is 2.95. The smallest absolute Gasteiger partial charge is 0.134 e. The van der Waals surface area contributed by atoms with Gasteiger partial charge in [-0.1, -0.05) is 6.07 Å². The van der Waals surface area contributed by atoms with Crippen LogP contribution in [0.3, 0.4) is 0 Å². The Labute approximate surface area is 113 Å². The Hall–Kier alpha value is -1.94. The Morgan fingerprint density at radius 2 is 2.21 bits per heavy atom. The Kier molecular flexibility index (Phi) is 3.42. The number of nitrogens with one attached hydrogen (secondary N) is 2. The molecule has 0 amide bonds. The number of nitrogens with zero attached hydrogens (tertiary/aromatic N) is 2. The van der Waals surface area contributed by atoms with E-state index in [0.717, 1.165) is 23.7 Å². The van der Waals surface area contributed by atoms with Gasteiger partial charge in [0.2, 0.25) is 0 Å². The van der Waals surface area contributed by atoms with E-state index in [2.05, 4.69) is 32.7 Å². The average molecular weight is 254 g/mol. The van der Waals surface area contributed by atoms with E-state index in [0.29, 0.717) is 6.04 Å². The van der Waals surface area contributed by atoms with Crippen LogP contribution in [0.2, 0.25) is 0 Å². The van der Waals surface area contributed by atoms with Crippen LogP contribution in [-0.2, 0) is 0 Å². The largest absolute Gasteiger partial charge is 0.325 e. The van der Waals surface area contributed by atoms with Crippen molar-refractivity contribution in [2.24, 2.45) is 0 Å². The minimum atomic E-state index is 0.466. The van der Waals surface area contributed by atoms with Crippen LogP contribution >= 0.6 is 0 Å². The van der Waals surface area contributed by atoms with E-state index in [9.17, 15) is 0 Å². The van der Waals surface area contributed by atoms with Crippen molar-refractivity contribution in [3.63, 3.8) is 0 Å². The maximum absolute atomic E-state index is 4.37. The minimum Gasteiger partial charge on any atom is -0.325 e. The molecule has 0 aromatic carbocycles. The van der Waals surface area contributed by atoms with Gasteiger partial charge in [-0.15, -0.1) is 0 Å². The molecule has 19 heavy (non-hydrogen) atoms. The van der Waals surface area contributed by atoms with E-state index in [1.807, 2.05) is 25.3 Å². The van der Waals surface area contributed by atoms with Gasteiger partial charge in [0.05, 0.1) is 0 Å². The zero-order valence-electron chi connectivity index (χ0n) is 11.1. The first-order chi connectivity index (χ1) is 9.33. The van der Waals surface area contributed by atoms with Gasteiger partial charge in [-0.05, 0) is 55.6 Å². The molecule has 1 aliphatic rings. The second-order valence-electron chi connectivity index (χ2n) is 4.92. The third kappa shape index (κ3) is 2.74. The molecule has 2 N–H and O–H groups in total. The van der Waals surface area contributed by atoms with Crippen molar-refractivity contribution in [3.05, 3.63) is 47.8 Å². The van der Waals surface area contributed by atoms with Crippen molar-refractivity contribution in [1.29, 1.82) is 0 Å². The van der Waals surface area contributed by atoms with Crippen molar-refractivity contribution >= 4 is 11.6 Å². The number of hydrogen-bond acceptors (Lipinski definition) is 4. The summed E-state index contributed by atoms with van der Waals surface area (Å²) in [5.74, 6) is 1.72. The molecule has 0 unspecified atom stereocenters. The number of aryl methyl sites for hydroxylation is 1. The molecular weight excluding hydrogens is 236 g/mol. The standard InChI is InChI=1S/C15H18N4/c1-11-4-2-8-18-15(11)19-14-10-12(6-9-17-14)13-5-3-7-16-13/h2,4,6,8-10,13,16H,3,5,7H2,1H3,(H,17,18,19)/t13-/m0/s1. The van der Waals surface area contributed by atoms with Gasteiger partial charge in [0.25, 0.3) is 0 Å². The fourth-order valence-corrected chi connectivity index (χ4v) is 2.44. The topological polar surface area (TPSA) is 49.8 Å². The Bertz CT molecular complexity index is 562. The lowest BCUT2D eigenvalue weighted by molar-refractivity contribution is 0.647. The first kappa shape index (κ1) is 12.1. The molecule has 1 fully saturated rings. The normalized spacial score (nSPS) is 18.5. The number of rotatable bonds is 3. The van der Waals surface area contributed by atoms with Crippen LogP contribution in [-0.4, -0.2) is 16.5 Å². The molecule has 4 heteroatoms. The summed E-state index contributed by atoms with van der Waals surface area (Å²) in [7, 11) is 0. The molecular formula is C15H18N4. The molecule has 3 heterocycles. The lowest BCUT2D eigenvalue weighted by atomic mass is 10.1. The zero-order chi connectivity index (χ0) is 13.1. The lowest BCUT2D eigenvalue weighted by Crippen LogP contribution is -2.13. The van der Waals surface area contributed by atoms with Crippen LogP contribution in [0.5, 0.6) is 0 Å². The molecule has 1 atom stereocenters. The fourth-order valence-electron chi connectivity index (χ4n) is 2.44. The maximum Gasteiger partial charge on any atom is 0.134 e. The summed E-state index contributed by atoms with van der Waals surface area (Å²) in [4.78, 5) is 8.70. The highest BCUT2D eigenvalue weighted by molar-refractivity contribution is 5.56. The zero-order valence-corrected chi connectivity index (χ0v) is 11.1. The number of anilines is 2. The highest BCUT2D eigenvalue weighted by Gasteiger charge is 2.16. The first-order valence-electron chi connectivity index (χ1n) is 6.71. The molecule has 4 nitrogen and oxygen atoms in total. The second-order valence-corrected chi connectivity index (χ2v) is 4.92. The van der Waals surface area contributed by atoms with Gasteiger partial charge in [0, 0.05) is 18.4 Å². The van der Waals surface area contributed by atoms with Gasteiger partial charge in [-0.3, -0.25) is 0 Å². The first-order valence-corrected chi connectivity index (χ1v) is 6.71. The molecule has 0 radical (unpaired) electrons. The van der Waals surface area contributed by atoms with Gasteiger partial charge in [-0.25, -0.2) is 9.97 Å². The second kappa shape index (κ2) is 5.36. The molecule has 1 saturated heterocycles. The van der Waals surface area contributed by atoms with Gasteiger partial charge >= 0.3 is 0 Å². The highest BCUT2D eigenvalue weighted by Crippen LogP contribution is 2.25. The third-order valence-corrected chi connectivity index (χ3v) is 3.50.